The largest absolute Gasteiger partial charge is 0.481 e. The third kappa shape index (κ3) is 4.42. The fourth-order valence-electron chi connectivity index (χ4n) is 1.02. The normalized spacial score (nSPS) is 13.7. The van der Waals surface area contributed by atoms with Crippen LogP contribution in [-0.2, 0) is 9.59 Å². The van der Waals surface area contributed by atoms with Crippen molar-refractivity contribution in [3.05, 3.63) is 0 Å². The maximum atomic E-state index is 11.5. The van der Waals surface area contributed by atoms with Crippen molar-refractivity contribution in [2.45, 2.75) is 31.8 Å². The molecule has 0 aromatic carbocycles. The second-order valence-corrected chi connectivity index (χ2v) is 3.36. The molecule has 0 aliphatic heterocycles. The van der Waals surface area contributed by atoms with Crippen molar-refractivity contribution in [1.82, 2.24) is 4.90 Å². The molecular formula is C9H15N3O3. The molecule has 0 saturated carbocycles. The second kappa shape index (κ2) is 5.98. The number of rotatable bonds is 5. The number of hydrogen-bond donors (Lipinski definition) is 2. The van der Waals surface area contributed by atoms with Gasteiger partial charge in [-0.05, 0) is 6.92 Å². The predicted molar refractivity (Wildman–Crippen MR) is 52.7 cm³/mol. The van der Waals surface area contributed by atoms with Gasteiger partial charge in [-0.25, -0.2) is 0 Å². The van der Waals surface area contributed by atoms with E-state index in [2.05, 4.69) is 0 Å². The molecule has 0 fully saturated rings. The van der Waals surface area contributed by atoms with E-state index >= 15 is 0 Å². The average Bonchev–Trinajstić information content (AvgIpc) is 2.14. The molecule has 0 heterocycles. The molecule has 0 aliphatic rings. The van der Waals surface area contributed by atoms with E-state index in [0.29, 0.717) is 0 Å². The first-order valence-electron chi connectivity index (χ1n) is 4.51. The molecule has 6 heteroatoms. The Bertz CT molecular complexity index is 285. The molecule has 6 nitrogen and oxygen atoms in total. The maximum Gasteiger partial charge on any atom is 0.305 e. The van der Waals surface area contributed by atoms with Gasteiger partial charge in [0.05, 0.1) is 25.0 Å². The zero-order valence-electron chi connectivity index (χ0n) is 8.80. The summed E-state index contributed by atoms with van der Waals surface area (Å²) >= 11 is 0. The summed E-state index contributed by atoms with van der Waals surface area (Å²) < 4.78 is 0. The van der Waals surface area contributed by atoms with Gasteiger partial charge < -0.3 is 15.7 Å². The monoisotopic (exact) mass is 213 g/mol. The summed E-state index contributed by atoms with van der Waals surface area (Å²) in [4.78, 5) is 23.2. The molecule has 0 aromatic rings. The zero-order chi connectivity index (χ0) is 12.0. The summed E-state index contributed by atoms with van der Waals surface area (Å²) in [6, 6.07) is 0.623. The molecule has 0 bridgehead atoms. The Kier molecular flexibility index (Phi) is 5.34. The Morgan fingerprint density at radius 2 is 2.13 bits per heavy atom. The SMILES string of the molecule is CC(CC#N)N(C)C(=O)C(N)CC(=O)O. The van der Waals surface area contributed by atoms with Gasteiger partial charge in [0.1, 0.15) is 0 Å². The van der Waals surface area contributed by atoms with E-state index in [1.54, 1.807) is 6.92 Å². The smallest absolute Gasteiger partial charge is 0.305 e. The second-order valence-electron chi connectivity index (χ2n) is 3.36. The summed E-state index contributed by atoms with van der Waals surface area (Å²) in [5, 5.41) is 16.9. The lowest BCUT2D eigenvalue weighted by molar-refractivity contribution is -0.142. The third-order valence-electron chi connectivity index (χ3n) is 2.11. The van der Waals surface area contributed by atoms with Gasteiger partial charge in [0.15, 0.2) is 0 Å². The highest BCUT2D eigenvalue weighted by molar-refractivity contribution is 5.85. The van der Waals surface area contributed by atoms with Crippen molar-refractivity contribution in [2.75, 3.05) is 7.05 Å². The number of nitriles is 1. The highest BCUT2D eigenvalue weighted by Gasteiger charge is 2.23. The minimum Gasteiger partial charge on any atom is -0.481 e. The highest BCUT2D eigenvalue weighted by atomic mass is 16.4. The van der Waals surface area contributed by atoms with Gasteiger partial charge in [-0.2, -0.15) is 5.26 Å². The molecule has 0 aliphatic carbocycles. The standard InChI is InChI=1S/C9H15N3O3/c1-6(3-4-10)12(2)9(15)7(11)5-8(13)14/h6-7H,3,5,11H2,1-2H3,(H,13,14). The molecular weight excluding hydrogens is 198 g/mol. The summed E-state index contributed by atoms with van der Waals surface area (Å²) in [6.45, 7) is 1.70. The van der Waals surface area contributed by atoms with E-state index in [4.69, 9.17) is 16.1 Å². The van der Waals surface area contributed by atoms with Crippen molar-refractivity contribution in [2.24, 2.45) is 5.73 Å². The van der Waals surface area contributed by atoms with Crippen LogP contribution in [0.15, 0.2) is 0 Å². The number of amides is 1. The number of nitrogens with two attached hydrogens (primary N) is 1. The van der Waals surface area contributed by atoms with Crippen LogP contribution < -0.4 is 5.73 Å². The van der Waals surface area contributed by atoms with Gasteiger partial charge >= 0.3 is 5.97 Å². The topological polar surface area (TPSA) is 107 Å². The van der Waals surface area contributed by atoms with Crippen molar-refractivity contribution in [3.8, 4) is 6.07 Å². The third-order valence-corrected chi connectivity index (χ3v) is 2.11. The first-order valence-corrected chi connectivity index (χ1v) is 4.51. The number of aliphatic carboxylic acids is 1. The fraction of sp³-hybridized carbons (Fsp3) is 0.667. The number of likely N-dealkylation sites (N-methyl/N-ethyl adjacent to an activating group) is 1. The Morgan fingerprint density at radius 3 is 2.53 bits per heavy atom. The molecule has 0 spiro atoms. The van der Waals surface area contributed by atoms with Gasteiger partial charge in [0.2, 0.25) is 5.91 Å². The van der Waals surface area contributed by atoms with E-state index in [9.17, 15) is 9.59 Å². The van der Waals surface area contributed by atoms with E-state index in [1.165, 1.54) is 11.9 Å². The van der Waals surface area contributed by atoms with Crippen molar-refractivity contribution < 1.29 is 14.7 Å². The first kappa shape index (κ1) is 13.4. The summed E-state index contributed by atoms with van der Waals surface area (Å²) in [5.74, 6) is -1.57. The van der Waals surface area contributed by atoms with Crippen LogP contribution in [0.2, 0.25) is 0 Å². The molecule has 1 amide bonds. The molecule has 3 N–H and O–H groups in total. The predicted octanol–water partition coefficient (Wildman–Crippen LogP) is -0.451. The lowest BCUT2D eigenvalue weighted by Gasteiger charge is -2.25. The number of carbonyl (C=O) groups excluding carboxylic acids is 1. The van der Waals surface area contributed by atoms with Crippen LogP contribution in [0.1, 0.15) is 19.8 Å². The first-order chi connectivity index (χ1) is 6.90. The van der Waals surface area contributed by atoms with E-state index in [1.807, 2.05) is 6.07 Å². The Labute approximate surface area is 88.3 Å². The molecule has 15 heavy (non-hydrogen) atoms. The van der Waals surface area contributed by atoms with Crippen molar-refractivity contribution in [1.29, 1.82) is 5.26 Å². The lowest BCUT2D eigenvalue weighted by atomic mass is 10.1. The molecule has 2 unspecified atom stereocenters. The fourth-order valence-corrected chi connectivity index (χ4v) is 1.02. The number of carboxylic acid groups (broad SMARTS) is 1. The van der Waals surface area contributed by atoms with Crippen molar-refractivity contribution >= 4 is 11.9 Å². The summed E-state index contributed by atoms with van der Waals surface area (Å²) in [5.41, 5.74) is 5.40. The molecule has 2 atom stereocenters. The molecule has 0 aromatic heterocycles. The minimum absolute atomic E-state index is 0.196. The van der Waals surface area contributed by atoms with Gasteiger partial charge in [-0.3, -0.25) is 9.59 Å². The number of hydrogen-bond acceptors (Lipinski definition) is 4. The van der Waals surface area contributed by atoms with Gasteiger partial charge in [-0.15, -0.1) is 0 Å². The Hall–Kier alpha value is -1.61. The van der Waals surface area contributed by atoms with Crippen LogP contribution in [0.25, 0.3) is 0 Å². The van der Waals surface area contributed by atoms with Crippen LogP contribution in [0.3, 0.4) is 0 Å². The lowest BCUT2D eigenvalue weighted by Crippen LogP contribution is -2.46. The summed E-state index contributed by atoms with van der Waals surface area (Å²) in [6.07, 6.45) is -0.204. The van der Waals surface area contributed by atoms with Gasteiger partial charge in [0.25, 0.3) is 0 Å². The van der Waals surface area contributed by atoms with Crippen LogP contribution in [0.4, 0.5) is 0 Å². The highest BCUT2D eigenvalue weighted by Crippen LogP contribution is 2.03. The van der Waals surface area contributed by atoms with E-state index < -0.39 is 24.3 Å². The molecule has 0 rings (SSSR count). The Balaban J connectivity index is 4.31. The van der Waals surface area contributed by atoms with Crippen LogP contribution in [0, 0.1) is 11.3 Å². The average molecular weight is 213 g/mol. The zero-order valence-corrected chi connectivity index (χ0v) is 8.80. The molecule has 0 radical (unpaired) electrons. The van der Waals surface area contributed by atoms with Gasteiger partial charge in [0, 0.05) is 13.1 Å². The van der Waals surface area contributed by atoms with E-state index in [-0.39, 0.29) is 12.5 Å². The number of carbonyl (C=O) groups is 2. The number of nitrogens with zero attached hydrogens (tertiary/aromatic N) is 2. The number of carboxylic acids is 1. The quantitative estimate of drug-likeness (QED) is 0.643. The summed E-state index contributed by atoms with van der Waals surface area (Å²) in [7, 11) is 1.51. The molecule has 0 saturated heterocycles. The molecule has 84 valence electrons. The van der Waals surface area contributed by atoms with Crippen LogP contribution in [0.5, 0.6) is 0 Å². The minimum atomic E-state index is -1.11. The Morgan fingerprint density at radius 1 is 1.60 bits per heavy atom. The maximum absolute atomic E-state index is 11.5. The van der Waals surface area contributed by atoms with Gasteiger partial charge in [-0.1, -0.05) is 0 Å². The van der Waals surface area contributed by atoms with Crippen molar-refractivity contribution in [3.63, 3.8) is 0 Å². The van der Waals surface area contributed by atoms with Crippen LogP contribution >= 0.6 is 0 Å². The van der Waals surface area contributed by atoms with Crippen LogP contribution in [-0.4, -0.2) is 41.0 Å². The van der Waals surface area contributed by atoms with E-state index in [0.717, 1.165) is 0 Å².